The molecule has 0 saturated heterocycles. The van der Waals surface area contributed by atoms with Gasteiger partial charge in [0, 0.05) is 36.4 Å². The zero-order chi connectivity index (χ0) is 25.9. The van der Waals surface area contributed by atoms with E-state index in [4.69, 9.17) is 4.98 Å². The average Bonchev–Trinajstić information content (AvgIpc) is 2.89. The minimum Gasteiger partial charge on any atom is -0.325 e. The van der Waals surface area contributed by atoms with Gasteiger partial charge >= 0.3 is 0 Å². The quantitative estimate of drug-likeness (QED) is 0.410. The lowest BCUT2D eigenvalue weighted by atomic mass is 10.0. The van der Waals surface area contributed by atoms with Gasteiger partial charge in [-0.05, 0) is 56.0 Å². The lowest BCUT2D eigenvalue weighted by Crippen LogP contribution is -2.39. The second-order valence-corrected chi connectivity index (χ2v) is 9.91. The monoisotopic (exact) mass is 492 g/mol. The molecule has 1 aromatic heterocycles. The van der Waals surface area contributed by atoms with Gasteiger partial charge in [0.1, 0.15) is 12.4 Å². The minimum absolute atomic E-state index is 0.0943. The van der Waals surface area contributed by atoms with Crippen LogP contribution in [0.5, 0.6) is 0 Å². The van der Waals surface area contributed by atoms with Gasteiger partial charge in [0.25, 0.3) is 5.56 Å². The van der Waals surface area contributed by atoms with Crippen molar-refractivity contribution in [3.8, 4) is 11.4 Å². The molecule has 37 heavy (non-hydrogen) atoms. The van der Waals surface area contributed by atoms with E-state index in [-0.39, 0.29) is 18.0 Å². The molecule has 0 radical (unpaired) electrons. The lowest BCUT2D eigenvalue weighted by Gasteiger charge is -2.29. The molecule has 0 bridgehead atoms. The number of nitrogens with zero attached hydrogens (tertiary/aromatic N) is 3. The van der Waals surface area contributed by atoms with Crippen molar-refractivity contribution in [2.24, 2.45) is 0 Å². The summed E-state index contributed by atoms with van der Waals surface area (Å²) in [5.41, 5.74) is 7.55. The topological polar surface area (TPSA) is 67.2 Å². The molecule has 0 saturated carbocycles. The third-order valence-corrected chi connectivity index (χ3v) is 7.05. The van der Waals surface area contributed by atoms with E-state index in [2.05, 4.69) is 22.3 Å². The molecule has 0 aliphatic carbocycles. The Labute approximate surface area is 217 Å². The first kappa shape index (κ1) is 24.7. The van der Waals surface area contributed by atoms with Crippen molar-refractivity contribution in [3.63, 3.8) is 0 Å². The highest BCUT2D eigenvalue weighted by Crippen LogP contribution is 2.23. The second-order valence-electron chi connectivity index (χ2n) is 9.91. The molecule has 6 nitrogen and oxygen atoms in total. The first-order valence-electron chi connectivity index (χ1n) is 12.7. The summed E-state index contributed by atoms with van der Waals surface area (Å²) in [6, 6.07) is 24.1. The van der Waals surface area contributed by atoms with E-state index in [0.717, 1.165) is 46.7 Å². The molecule has 188 valence electrons. The summed E-state index contributed by atoms with van der Waals surface area (Å²) in [7, 11) is 0. The SMILES string of the molecule is Cc1ccc(-c2nc3c(c(=O)n2CC(=O)Nc2ccc(C)c(C)c2)CCN(Cc2ccccc2)C3)cc1. The van der Waals surface area contributed by atoms with Crippen LogP contribution in [0, 0.1) is 20.8 Å². The zero-order valence-electron chi connectivity index (χ0n) is 21.6. The number of hydrogen-bond acceptors (Lipinski definition) is 4. The molecular formula is C31H32N4O2. The highest BCUT2D eigenvalue weighted by molar-refractivity contribution is 5.91. The molecular weight excluding hydrogens is 460 g/mol. The number of hydrogen-bond donors (Lipinski definition) is 1. The Kier molecular flexibility index (Phi) is 7.01. The molecule has 0 spiro atoms. The van der Waals surface area contributed by atoms with E-state index >= 15 is 0 Å². The summed E-state index contributed by atoms with van der Waals surface area (Å²) in [6.07, 6.45) is 0.612. The van der Waals surface area contributed by atoms with Gasteiger partial charge in [-0.1, -0.05) is 66.2 Å². The molecule has 1 aliphatic rings. The van der Waals surface area contributed by atoms with Crippen molar-refractivity contribution in [2.75, 3.05) is 11.9 Å². The van der Waals surface area contributed by atoms with Gasteiger partial charge < -0.3 is 5.32 Å². The Bertz CT molecular complexity index is 1490. The zero-order valence-corrected chi connectivity index (χ0v) is 21.6. The van der Waals surface area contributed by atoms with Crippen LogP contribution >= 0.6 is 0 Å². The maximum atomic E-state index is 13.8. The number of fused-ring (bicyclic) bond motifs is 1. The van der Waals surface area contributed by atoms with Crippen LogP contribution in [-0.4, -0.2) is 26.9 Å². The fourth-order valence-electron chi connectivity index (χ4n) is 4.79. The number of carbonyl (C=O) groups excluding carboxylic acids is 1. The normalized spacial score (nSPS) is 13.3. The van der Waals surface area contributed by atoms with Crippen molar-refractivity contribution in [2.45, 2.75) is 46.8 Å². The van der Waals surface area contributed by atoms with Crippen LogP contribution in [-0.2, 0) is 30.8 Å². The number of benzene rings is 3. The van der Waals surface area contributed by atoms with E-state index in [1.54, 1.807) is 0 Å². The Hall–Kier alpha value is -4.03. The molecule has 6 heteroatoms. The molecule has 0 atom stereocenters. The standard InChI is InChI=1S/C31H32N4O2/c1-21-9-12-25(13-10-21)30-33-28-19-34(18-24-7-5-4-6-8-24)16-15-27(28)31(37)35(30)20-29(36)32-26-14-11-22(2)23(3)17-26/h4-14,17H,15-16,18-20H2,1-3H3,(H,32,36). The van der Waals surface area contributed by atoms with Crippen molar-refractivity contribution in [1.82, 2.24) is 14.5 Å². The van der Waals surface area contributed by atoms with E-state index in [0.29, 0.717) is 24.4 Å². The number of anilines is 1. The Morgan fingerprint density at radius 1 is 0.946 bits per heavy atom. The summed E-state index contributed by atoms with van der Waals surface area (Å²) in [6.45, 7) is 8.17. The van der Waals surface area contributed by atoms with Crippen molar-refractivity contribution in [1.29, 1.82) is 0 Å². The van der Waals surface area contributed by atoms with Crippen LogP contribution in [0.1, 0.15) is 33.5 Å². The summed E-state index contributed by atoms with van der Waals surface area (Å²) in [5.74, 6) is 0.280. The van der Waals surface area contributed by atoms with Crippen molar-refractivity contribution >= 4 is 11.6 Å². The molecule has 2 heterocycles. The van der Waals surface area contributed by atoms with Gasteiger partial charge in [-0.3, -0.25) is 19.1 Å². The fourth-order valence-corrected chi connectivity index (χ4v) is 4.79. The van der Waals surface area contributed by atoms with Crippen LogP contribution < -0.4 is 10.9 Å². The highest BCUT2D eigenvalue weighted by atomic mass is 16.2. The smallest absolute Gasteiger partial charge is 0.257 e. The third-order valence-electron chi connectivity index (χ3n) is 7.05. The Balaban J connectivity index is 1.47. The molecule has 1 N–H and O–H groups in total. The largest absolute Gasteiger partial charge is 0.325 e. The van der Waals surface area contributed by atoms with Gasteiger partial charge in [-0.2, -0.15) is 0 Å². The molecule has 3 aromatic carbocycles. The predicted molar refractivity (Wildman–Crippen MR) is 147 cm³/mol. The van der Waals surface area contributed by atoms with E-state index in [1.807, 2.05) is 81.4 Å². The number of aromatic nitrogens is 2. The van der Waals surface area contributed by atoms with Gasteiger partial charge in [0.2, 0.25) is 5.91 Å². The molecule has 1 aliphatic heterocycles. The molecule has 1 amide bonds. The number of amides is 1. The average molecular weight is 493 g/mol. The summed E-state index contributed by atoms with van der Waals surface area (Å²) >= 11 is 0. The lowest BCUT2D eigenvalue weighted by molar-refractivity contribution is -0.116. The maximum Gasteiger partial charge on any atom is 0.257 e. The van der Waals surface area contributed by atoms with Gasteiger partial charge in [0.05, 0.1) is 5.69 Å². The third kappa shape index (κ3) is 5.54. The summed E-state index contributed by atoms with van der Waals surface area (Å²) in [5, 5.41) is 2.95. The first-order chi connectivity index (χ1) is 17.9. The van der Waals surface area contributed by atoms with Crippen LogP contribution in [0.2, 0.25) is 0 Å². The predicted octanol–water partition coefficient (Wildman–Crippen LogP) is 5.03. The number of carbonyl (C=O) groups is 1. The number of aryl methyl sites for hydroxylation is 3. The fraction of sp³-hybridized carbons (Fsp3) is 0.258. The van der Waals surface area contributed by atoms with Crippen molar-refractivity contribution in [3.05, 3.63) is 117 Å². The van der Waals surface area contributed by atoms with Crippen LogP contribution in [0.15, 0.2) is 77.6 Å². The van der Waals surface area contributed by atoms with Crippen LogP contribution in [0.3, 0.4) is 0 Å². The Morgan fingerprint density at radius 2 is 1.70 bits per heavy atom. The first-order valence-corrected chi connectivity index (χ1v) is 12.7. The van der Waals surface area contributed by atoms with Crippen molar-refractivity contribution < 1.29 is 4.79 Å². The number of rotatable bonds is 6. The van der Waals surface area contributed by atoms with Gasteiger partial charge in [-0.25, -0.2) is 4.98 Å². The second kappa shape index (κ2) is 10.5. The molecule has 4 aromatic rings. The number of nitrogens with one attached hydrogen (secondary N) is 1. The van der Waals surface area contributed by atoms with Crippen LogP contribution in [0.25, 0.3) is 11.4 Å². The van der Waals surface area contributed by atoms with Crippen LogP contribution in [0.4, 0.5) is 5.69 Å². The molecule has 0 fully saturated rings. The maximum absolute atomic E-state index is 13.8. The van der Waals surface area contributed by atoms with Gasteiger partial charge in [0.15, 0.2) is 0 Å². The Morgan fingerprint density at radius 3 is 2.43 bits per heavy atom. The minimum atomic E-state index is -0.248. The molecule has 0 unspecified atom stereocenters. The molecule has 5 rings (SSSR count). The van der Waals surface area contributed by atoms with E-state index in [9.17, 15) is 9.59 Å². The summed E-state index contributed by atoms with van der Waals surface area (Å²) < 4.78 is 1.53. The van der Waals surface area contributed by atoms with Gasteiger partial charge in [-0.15, -0.1) is 0 Å². The highest BCUT2D eigenvalue weighted by Gasteiger charge is 2.25. The summed E-state index contributed by atoms with van der Waals surface area (Å²) in [4.78, 5) is 34.1. The van der Waals surface area contributed by atoms with E-state index < -0.39 is 0 Å². The van der Waals surface area contributed by atoms with E-state index in [1.165, 1.54) is 10.1 Å².